The van der Waals surface area contributed by atoms with E-state index < -0.39 is 28.9 Å². The van der Waals surface area contributed by atoms with Crippen LogP contribution in [0.5, 0.6) is 0 Å². The van der Waals surface area contributed by atoms with Crippen molar-refractivity contribution in [3.8, 4) is 18.2 Å². The number of allylic oxidation sites excluding steroid dienone is 2. The SMILES string of the molecule is N#CC1=C(N)C(C#N)(C#N)[C@@H](c2cccc(F)c2F)[C@H]2CN(Cc3ccccc3)CC=C12. The van der Waals surface area contributed by atoms with E-state index in [4.69, 9.17) is 5.73 Å². The third kappa shape index (κ3) is 3.23. The number of nitrogens with zero attached hydrogens (tertiary/aromatic N) is 4. The van der Waals surface area contributed by atoms with E-state index in [0.29, 0.717) is 25.2 Å². The third-order valence-corrected chi connectivity index (χ3v) is 6.31. The average molecular weight is 427 g/mol. The minimum atomic E-state index is -2.00. The molecule has 0 amide bonds. The Hall–Kier alpha value is -3.99. The molecule has 0 fully saturated rings. The molecule has 1 heterocycles. The Morgan fingerprint density at radius 1 is 1.03 bits per heavy atom. The monoisotopic (exact) mass is 427 g/mol. The van der Waals surface area contributed by atoms with E-state index in [-0.39, 0.29) is 16.8 Å². The Bertz CT molecular complexity index is 1230. The second-order valence-electron chi connectivity index (χ2n) is 8.00. The summed E-state index contributed by atoms with van der Waals surface area (Å²) in [5, 5.41) is 29.9. The molecule has 0 bridgehead atoms. The fraction of sp³-hybridized carbons (Fsp3) is 0.240. The van der Waals surface area contributed by atoms with Crippen LogP contribution in [-0.4, -0.2) is 18.0 Å². The Balaban J connectivity index is 1.89. The molecule has 1 aliphatic heterocycles. The van der Waals surface area contributed by atoms with E-state index in [2.05, 4.69) is 4.90 Å². The predicted octanol–water partition coefficient (Wildman–Crippen LogP) is 3.89. The van der Waals surface area contributed by atoms with Gasteiger partial charge in [-0.1, -0.05) is 48.5 Å². The van der Waals surface area contributed by atoms with E-state index in [0.717, 1.165) is 11.6 Å². The number of halogens is 2. The largest absolute Gasteiger partial charge is 0.399 e. The first-order valence-electron chi connectivity index (χ1n) is 10.1. The molecule has 0 spiro atoms. The lowest BCUT2D eigenvalue weighted by molar-refractivity contribution is 0.198. The van der Waals surface area contributed by atoms with Crippen molar-refractivity contribution in [1.82, 2.24) is 4.90 Å². The highest BCUT2D eigenvalue weighted by Crippen LogP contribution is 2.54. The smallest absolute Gasteiger partial charge is 0.191 e. The number of hydrogen-bond acceptors (Lipinski definition) is 5. The highest BCUT2D eigenvalue weighted by atomic mass is 19.2. The van der Waals surface area contributed by atoms with Gasteiger partial charge in [-0.3, -0.25) is 4.90 Å². The number of rotatable bonds is 3. The van der Waals surface area contributed by atoms with E-state index >= 15 is 0 Å². The molecule has 0 aromatic heterocycles. The second-order valence-corrected chi connectivity index (χ2v) is 8.00. The predicted molar refractivity (Wildman–Crippen MR) is 113 cm³/mol. The summed E-state index contributed by atoms with van der Waals surface area (Å²) in [6, 6.07) is 19.4. The zero-order valence-electron chi connectivity index (χ0n) is 17.1. The van der Waals surface area contributed by atoms with E-state index in [9.17, 15) is 24.6 Å². The first-order chi connectivity index (χ1) is 15.5. The van der Waals surface area contributed by atoms with Gasteiger partial charge in [-0.25, -0.2) is 8.78 Å². The average Bonchev–Trinajstić information content (AvgIpc) is 2.81. The fourth-order valence-corrected chi connectivity index (χ4v) is 4.81. The molecular formula is C25H19F2N5. The van der Waals surface area contributed by atoms with Crippen LogP contribution >= 0.6 is 0 Å². The maximum Gasteiger partial charge on any atom is 0.191 e. The summed E-state index contributed by atoms with van der Waals surface area (Å²) < 4.78 is 29.1. The highest BCUT2D eigenvalue weighted by molar-refractivity contribution is 5.59. The van der Waals surface area contributed by atoms with Gasteiger partial charge in [0.25, 0.3) is 0 Å². The van der Waals surface area contributed by atoms with Crippen molar-refractivity contribution in [3.05, 3.63) is 94.2 Å². The van der Waals surface area contributed by atoms with Gasteiger partial charge >= 0.3 is 0 Å². The molecule has 2 N–H and O–H groups in total. The normalized spacial score (nSPS) is 22.2. The lowest BCUT2D eigenvalue weighted by atomic mass is 9.58. The van der Waals surface area contributed by atoms with Crippen LogP contribution in [0.3, 0.4) is 0 Å². The van der Waals surface area contributed by atoms with Crippen molar-refractivity contribution >= 4 is 0 Å². The number of fused-ring (bicyclic) bond motifs is 1. The standard InChI is InChI=1S/C25H19F2N5/c26-21-8-4-7-18(23(21)27)22-20-13-32(12-16-5-2-1-3-6-16)10-9-17(20)19(11-28)24(31)25(22,14-29)15-30/h1-9,20,22H,10,12-13,31H2/t20-,22-/m0/s1. The quantitative estimate of drug-likeness (QED) is 0.801. The van der Waals surface area contributed by atoms with Crippen LogP contribution < -0.4 is 5.73 Å². The Kier molecular flexibility index (Phi) is 5.49. The van der Waals surface area contributed by atoms with E-state index in [1.807, 2.05) is 54.6 Å². The van der Waals surface area contributed by atoms with Crippen molar-refractivity contribution in [2.24, 2.45) is 17.1 Å². The molecule has 7 heteroatoms. The van der Waals surface area contributed by atoms with Gasteiger partial charge in [-0.15, -0.1) is 0 Å². The van der Waals surface area contributed by atoms with Crippen molar-refractivity contribution in [1.29, 1.82) is 15.8 Å². The van der Waals surface area contributed by atoms with Crippen LogP contribution in [-0.2, 0) is 6.54 Å². The Labute approximate surface area is 184 Å². The number of nitriles is 3. The van der Waals surface area contributed by atoms with Gasteiger partial charge in [0.15, 0.2) is 17.0 Å². The van der Waals surface area contributed by atoms with Crippen LogP contribution in [0.1, 0.15) is 17.0 Å². The van der Waals surface area contributed by atoms with Gasteiger partial charge in [0, 0.05) is 31.5 Å². The molecular weight excluding hydrogens is 408 g/mol. The maximum absolute atomic E-state index is 15.0. The van der Waals surface area contributed by atoms with E-state index in [1.54, 1.807) is 0 Å². The van der Waals surface area contributed by atoms with Crippen LogP contribution in [0.4, 0.5) is 8.78 Å². The summed E-state index contributed by atoms with van der Waals surface area (Å²) in [6.07, 6.45) is 1.84. The summed E-state index contributed by atoms with van der Waals surface area (Å²) in [4.78, 5) is 2.09. The van der Waals surface area contributed by atoms with Gasteiger partial charge in [-0.05, 0) is 22.8 Å². The summed E-state index contributed by atoms with van der Waals surface area (Å²) >= 11 is 0. The number of hydrogen-bond donors (Lipinski definition) is 1. The zero-order chi connectivity index (χ0) is 22.9. The summed E-state index contributed by atoms with van der Waals surface area (Å²) in [6.45, 7) is 1.46. The van der Waals surface area contributed by atoms with E-state index in [1.165, 1.54) is 12.1 Å². The molecule has 2 aliphatic rings. The molecule has 1 aliphatic carbocycles. The van der Waals surface area contributed by atoms with Crippen molar-refractivity contribution in [2.75, 3.05) is 13.1 Å². The van der Waals surface area contributed by atoms with Crippen molar-refractivity contribution < 1.29 is 8.78 Å². The topological polar surface area (TPSA) is 101 Å². The van der Waals surface area contributed by atoms with Crippen LogP contribution in [0.15, 0.2) is 71.5 Å². The molecule has 2 aromatic rings. The molecule has 2 aromatic carbocycles. The summed E-state index contributed by atoms with van der Waals surface area (Å²) in [7, 11) is 0. The number of nitrogens with two attached hydrogens (primary N) is 1. The second kappa shape index (κ2) is 8.27. The zero-order valence-corrected chi connectivity index (χ0v) is 17.1. The first-order valence-corrected chi connectivity index (χ1v) is 10.1. The minimum Gasteiger partial charge on any atom is -0.399 e. The van der Waals surface area contributed by atoms with Crippen LogP contribution in [0, 0.1) is 57.0 Å². The molecule has 4 rings (SSSR count). The molecule has 0 radical (unpaired) electrons. The molecule has 0 saturated heterocycles. The van der Waals surface area contributed by atoms with Gasteiger partial charge in [-0.2, -0.15) is 15.8 Å². The van der Waals surface area contributed by atoms with Crippen LogP contribution in [0.25, 0.3) is 0 Å². The minimum absolute atomic E-state index is 0.0746. The number of benzene rings is 2. The lowest BCUT2D eigenvalue weighted by Gasteiger charge is -2.45. The van der Waals surface area contributed by atoms with Crippen molar-refractivity contribution in [2.45, 2.75) is 12.5 Å². The maximum atomic E-state index is 15.0. The van der Waals surface area contributed by atoms with Crippen molar-refractivity contribution in [3.63, 3.8) is 0 Å². The molecule has 5 nitrogen and oxygen atoms in total. The van der Waals surface area contributed by atoms with Gasteiger partial charge in [0.05, 0.1) is 23.4 Å². The summed E-state index contributed by atoms with van der Waals surface area (Å²) in [5.41, 5.74) is 5.62. The van der Waals surface area contributed by atoms with Gasteiger partial charge in [0.1, 0.15) is 6.07 Å². The highest BCUT2D eigenvalue weighted by Gasteiger charge is 2.55. The van der Waals surface area contributed by atoms with Gasteiger partial charge in [0.2, 0.25) is 0 Å². The lowest BCUT2D eigenvalue weighted by Crippen LogP contribution is -2.48. The molecule has 0 unspecified atom stereocenters. The molecule has 32 heavy (non-hydrogen) atoms. The first kappa shape index (κ1) is 21.2. The fourth-order valence-electron chi connectivity index (χ4n) is 4.81. The Morgan fingerprint density at radius 2 is 1.75 bits per heavy atom. The molecule has 2 atom stereocenters. The molecule has 158 valence electrons. The van der Waals surface area contributed by atoms with Crippen LogP contribution in [0.2, 0.25) is 0 Å². The molecule has 0 saturated carbocycles. The summed E-state index contributed by atoms with van der Waals surface area (Å²) in [5.74, 6) is -3.84. The van der Waals surface area contributed by atoms with Gasteiger partial charge < -0.3 is 5.73 Å². The Morgan fingerprint density at radius 3 is 2.41 bits per heavy atom. The third-order valence-electron chi connectivity index (χ3n) is 6.31.